The highest BCUT2D eigenvalue weighted by atomic mass is 16.2. The van der Waals surface area contributed by atoms with Crippen LogP contribution in [-0.4, -0.2) is 56.0 Å². The Labute approximate surface area is 194 Å². The van der Waals surface area contributed by atoms with Gasteiger partial charge in [0.25, 0.3) is 5.91 Å². The van der Waals surface area contributed by atoms with Gasteiger partial charge in [-0.3, -0.25) is 14.3 Å². The Morgan fingerprint density at radius 3 is 2.76 bits per heavy atom. The average Bonchev–Trinajstić information content (AvgIpc) is 3.57. The van der Waals surface area contributed by atoms with E-state index in [-0.39, 0.29) is 23.8 Å². The molecule has 5 rings (SSSR count). The van der Waals surface area contributed by atoms with Crippen molar-refractivity contribution in [3.05, 3.63) is 77.9 Å². The number of aromatic amines is 1. The summed E-state index contributed by atoms with van der Waals surface area (Å²) in [7, 11) is 0. The molecule has 7 heteroatoms. The van der Waals surface area contributed by atoms with E-state index in [9.17, 15) is 9.59 Å². The summed E-state index contributed by atoms with van der Waals surface area (Å²) in [5.74, 6) is 0.0431. The second-order valence-electron chi connectivity index (χ2n) is 9.60. The third-order valence-corrected chi connectivity index (χ3v) is 7.20. The Morgan fingerprint density at radius 1 is 1.21 bits per heavy atom. The van der Waals surface area contributed by atoms with Gasteiger partial charge in [0.1, 0.15) is 0 Å². The van der Waals surface area contributed by atoms with Crippen molar-refractivity contribution in [1.82, 2.24) is 24.6 Å². The number of hydrogen-bond donors (Lipinski definition) is 1. The van der Waals surface area contributed by atoms with Crippen LogP contribution in [0, 0.1) is 5.41 Å². The summed E-state index contributed by atoms with van der Waals surface area (Å²) in [6.07, 6.45) is 7.01. The van der Waals surface area contributed by atoms with Crippen molar-refractivity contribution < 1.29 is 9.59 Å². The van der Waals surface area contributed by atoms with Crippen LogP contribution in [0.1, 0.15) is 60.3 Å². The maximum atomic E-state index is 14.1. The van der Waals surface area contributed by atoms with Crippen LogP contribution >= 0.6 is 0 Å². The molecule has 1 spiro atoms. The lowest BCUT2D eigenvalue weighted by molar-refractivity contribution is -0.147. The van der Waals surface area contributed by atoms with E-state index in [2.05, 4.69) is 36.1 Å². The number of carbonyl (C=O) groups excluding carboxylic acids is 2. The molecule has 0 radical (unpaired) electrons. The molecule has 2 aromatic heterocycles. The number of piperidine rings is 1. The van der Waals surface area contributed by atoms with Crippen molar-refractivity contribution >= 4 is 11.8 Å². The number of hydrogen-bond acceptors (Lipinski definition) is 3. The first kappa shape index (κ1) is 21.5. The molecule has 0 bridgehead atoms. The Balaban J connectivity index is 1.52. The minimum atomic E-state index is -0.633. The van der Waals surface area contributed by atoms with Gasteiger partial charge in [0.15, 0.2) is 0 Å². The van der Waals surface area contributed by atoms with Crippen molar-refractivity contribution in [2.75, 3.05) is 19.6 Å². The van der Waals surface area contributed by atoms with Gasteiger partial charge >= 0.3 is 0 Å². The fourth-order valence-electron chi connectivity index (χ4n) is 5.65. The van der Waals surface area contributed by atoms with Gasteiger partial charge in [-0.15, -0.1) is 0 Å². The van der Waals surface area contributed by atoms with Crippen molar-refractivity contribution in [2.45, 2.75) is 45.2 Å². The average molecular weight is 446 g/mol. The van der Waals surface area contributed by atoms with E-state index >= 15 is 0 Å². The molecule has 1 aromatic carbocycles. The van der Waals surface area contributed by atoms with Crippen LogP contribution in [0.15, 0.2) is 61.1 Å². The summed E-state index contributed by atoms with van der Waals surface area (Å²) in [4.78, 5) is 34.3. The van der Waals surface area contributed by atoms with E-state index in [4.69, 9.17) is 0 Å². The number of benzene rings is 1. The second-order valence-corrected chi connectivity index (χ2v) is 9.60. The Morgan fingerprint density at radius 2 is 2.03 bits per heavy atom. The summed E-state index contributed by atoms with van der Waals surface area (Å²) >= 11 is 0. The molecule has 2 fully saturated rings. The predicted octanol–water partition coefficient (Wildman–Crippen LogP) is 3.84. The maximum Gasteiger partial charge on any atom is 0.255 e. The van der Waals surface area contributed by atoms with Gasteiger partial charge in [-0.2, -0.15) is 5.10 Å². The molecule has 2 aliphatic heterocycles. The number of aromatic nitrogens is 3. The zero-order chi connectivity index (χ0) is 23.0. The van der Waals surface area contributed by atoms with Crippen LogP contribution in [0.5, 0.6) is 0 Å². The van der Waals surface area contributed by atoms with Crippen molar-refractivity contribution in [1.29, 1.82) is 0 Å². The SMILES string of the molecule is CC(C)n1nccc1[C@@H]1CN(C(=O)c2cc[nH]c2)C[C@@]12CCCN(Cc1ccccc1)C2=O. The second kappa shape index (κ2) is 8.54. The van der Waals surface area contributed by atoms with Crippen LogP contribution in [0.4, 0.5) is 0 Å². The van der Waals surface area contributed by atoms with Crippen LogP contribution in [-0.2, 0) is 11.3 Å². The van der Waals surface area contributed by atoms with Crippen LogP contribution < -0.4 is 0 Å². The molecule has 0 unspecified atom stereocenters. The van der Waals surface area contributed by atoms with Gasteiger partial charge in [-0.1, -0.05) is 30.3 Å². The number of nitrogens with one attached hydrogen (secondary N) is 1. The molecule has 172 valence electrons. The minimum absolute atomic E-state index is 0.0262. The largest absolute Gasteiger partial charge is 0.367 e. The van der Waals surface area contributed by atoms with Crippen molar-refractivity contribution in [2.24, 2.45) is 5.41 Å². The third kappa shape index (κ3) is 3.75. The molecule has 2 aliphatic rings. The molecule has 0 aliphatic carbocycles. The summed E-state index contributed by atoms with van der Waals surface area (Å²) in [5.41, 5.74) is 2.17. The lowest BCUT2D eigenvalue weighted by atomic mass is 9.70. The number of rotatable bonds is 5. The maximum absolute atomic E-state index is 14.1. The van der Waals surface area contributed by atoms with E-state index in [0.29, 0.717) is 25.2 Å². The summed E-state index contributed by atoms with van der Waals surface area (Å²) in [6.45, 7) is 6.51. The summed E-state index contributed by atoms with van der Waals surface area (Å²) < 4.78 is 2.01. The van der Waals surface area contributed by atoms with Gasteiger partial charge in [0, 0.05) is 62.4 Å². The molecule has 33 heavy (non-hydrogen) atoms. The van der Waals surface area contributed by atoms with Crippen LogP contribution in [0.3, 0.4) is 0 Å². The molecule has 4 heterocycles. The van der Waals surface area contributed by atoms with E-state index in [1.165, 1.54) is 0 Å². The third-order valence-electron chi connectivity index (χ3n) is 7.20. The topological polar surface area (TPSA) is 74.2 Å². The number of nitrogens with zero attached hydrogens (tertiary/aromatic N) is 4. The Kier molecular flexibility index (Phi) is 5.56. The highest BCUT2D eigenvalue weighted by Crippen LogP contribution is 2.50. The zero-order valence-electron chi connectivity index (χ0n) is 19.3. The van der Waals surface area contributed by atoms with Crippen molar-refractivity contribution in [3.63, 3.8) is 0 Å². The highest BCUT2D eigenvalue weighted by molar-refractivity contribution is 5.95. The summed E-state index contributed by atoms with van der Waals surface area (Å²) in [5, 5.41) is 4.55. The van der Waals surface area contributed by atoms with E-state index in [1.54, 1.807) is 18.5 Å². The first-order chi connectivity index (χ1) is 16.0. The molecule has 7 nitrogen and oxygen atoms in total. The summed E-state index contributed by atoms with van der Waals surface area (Å²) in [6, 6.07) is 14.2. The van der Waals surface area contributed by atoms with Gasteiger partial charge in [-0.25, -0.2) is 0 Å². The molecular formula is C26H31N5O2. The highest BCUT2D eigenvalue weighted by Gasteiger charge is 2.57. The molecule has 2 atom stereocenters. The van der Waals surface area contributed by atoms with Gasteiger partial charge in [0.05, 0.1) is 11.0 Å². The fourth-order valence-corrected chi connectivity index (χ4v) is 5.65. The predicted molar refractivity (Wildman–Crippen MR) is 126 cm³/mol. The minimum Gasteiger partial charge on any atom is -0.367 e. The number of carbonyl (C=O) groups is 2. The van der Waals surface area contributed by atoms with E-state index in [1.807, 2.05) is 44.9 Å². The van der Waals surface area contributed by atoms with E-state index in [0.717, 1.165) is 30.6 Å². The van der Waals surface area contributed by atoms with Gasteiger partial charge in [0.2, 0.25) is 5.91 Å². The van der Waals surface area contributed by atoms with Gasteiger partial charge < -0.3 is 14.8 Å². The quantitative estimate of drug-likeness (QED) is 0.648. The number of H-pyrrole nitrogens is 1. The monoisotopic (exact) mass is 445 g/mol. The van der Waals surface area contributed by atoms with E-state index < -0.39 is 5.41 Å². The van der Waals surface area contributed by atoms with Gasteiger partial charge in [-0.05, 0) is 44.4 Å². The standard InChI is InChI=1S/C26H31N5O2/c1-19(2)31-23(10-13-28-31)22-17-30(24(32)21-9-12-27-15-21)18-26(22)11-6-14-29(25(26)33)16-20-7-4-3-5-8-20/h3-5,7-10,12-13,15,19,22,27H,6,11,14,16-18H2,1-2H3/t22-,26-/m0/s1. The molecule has 3 aromatic rings. The number of amides is 2. The molecule has 1 N–H and O–H groups in total. The molecule has 0 saturated carbocycles. The number of likely N-dealkylation sites (tertiary alicyclic amines) is 2. The fraction of sp³-hybridized carbons (Fsp3) is 0.423. The molecular weight excluding hydrogens is 414 g/mol. The lowest BCUT2D eigenvalue weighted by Crippen LogP contribution is -2.52. The smallest absolute Gasteiger partial charge is 0.255 e. The molecule has 2 saturated heterocycles. The normalized spacial score (nSPS) is 23.1. The van der Waals surface area contributed by atoms with Crippen molar-refractivity contribution in [3.8, 4) is 0 Å². The molecule has 2 amide bonds. The van der Waals surface area contributed by atoms with Crippen LogP contribution in [0.25, 0.3) is 0 Å². The zero-order valence-corrected chi connectivity index (χ0v) is 19.3. The Hall–Kier alpha value is -3.35. The first-order valence-corrected chi connectivity index (χ1v) is 11.8. The first-order valence-electron chi connectivity index (χ1n) is 11.8. The Bertz CT molecular complexity index is 1120. The van der Waals surface area contributed by atoms with Crippen LogP contribution in [0.2, 0.25) is 0 Å². The lowest BCUT2D eigenvalue weighted by Gasteiger charge is -2.42.